The summed E-state index contributed by atoms with van der Waals surface area (Å²) in [6, 6.07) is 15.7. The second kappa shape index (κ2) is 11.0. The van der Waals surface area contributed by atoms with E-state index >= 15 is 0 Å². The molecule has 38 heavy (non-hydrogen) atoms. The second-order valence-electron chi connectivity index (χ2n) is 11.3. The Hall–Kier alpha value is -2.94. The van der Waals surface area contributed by atoms with Crippen molar-refractivity contribution in [2.45, 2.75) is 63.0 Å². The summed E-state index contributed by atoms with van der Waals surface area (Å²) < 4.78 is 5.62. The van der Waals surface area contributed by atoms with Crippen LogP contribution in [0.4, 0.5) is 0 Å². The van der Waals surface area contributed by atoms with Gasteiger partial charge in [0.15, 0.2) is 0 Å². The van der Waals surface area contributed by atoms with Crippen LogP contribution in [0.1, 0.15) is 68.2 Å². The van der Waals surface area contributed by atoms with E-state index in [0.717, 1.165) is 43.9 Å². The van der Waals surface area contributed by atoms with Crippen molar-refractivity contribution in [1.29, 1.82) is 0 Å². The van der Waals surface area contributed by atoms with Crippen molar-refractivity contribution in [3.63, 3.8) is 0 Å². The summed E-state index contributed by atoms with van der Waals surface area (Å²) in [5, 5.41) is 18.8. The molecule has 1 fully saturated rings. The minimum Gasteiger partial charge on any atom is -0.473 e. The molecule has 0 saturated carbocycles. The molecule has 204 valence electrons. The maximum Gasteiger partial charge on any atom is 0.414 e. The van der Waals surface area contributed by atoms with Gasteiger partial charge in [-0.05, 0) is 74.4 Å². The van der Waals surface area contributed by atoms with Crippen molar-refractivity contribution in [3.8, 4) is 0 Å². The van der Waals surface area contributed by atoms with E-state index in [0.29, 0.717) is 5.92 Å². The number of rotatable bonds is 5. The van der Waals surface area contributed by atoms with Gasteiger partial charge in [-0.25, -0.2) is 9.59 Å². The molecular formula is C29H35ClN2O6. The molecule has 0 aromatic heterocycles. The highest BCUT2D eigenvalue weighted by molar-refractivity contribution is 6.30. The SMILES string of the molecule is CC(C)(C)OCC(=O)NC1CCN(CC23CC(c4ccccc42)c2ccc(Cl)cc23)CC1.O=C(O)C(=O)O. The monoisotopic (exact) mass is 542 g/mol. The second-order valence-corrected chi connectivity index (χ2v) is 11.7. The van der Waals surface area contributed by atoms with Gasteiger partial charge in [-0.2, -0.15) is 0 Å². The van der Waals surface area contributed by atoms with Crippen molar-refractivity contribution in [3.05, 3.63) is 69.7 Å². The zero-order valence-electron chi connectivity index (χ0n) is 22.0. The summed E-state index contributed by atoms with van der Waals surface area (Å²) in [4.78, 5) is 33.1. The standard InChI is InChI=1S/C27H33ClN2O2.C2H2O4/c1-26(2,3)32-16-25(31)29-19-10-12-30(13-11-19)17-27-15-22(20-6-4-5-7-23(20)27)21-9-8-18(28)14-24(21)27;3-1(4)2(5)6/h4-9,14,19,22H,10-13,15-17H2,1-3H3,(H,29,31);(H,3,4)(H,5,6). The van der Waals surface area contributed by atoms with Gasteiger partial charge in [-0.1, -0.05) is 41.9 Å². The number of fused-ring (bicyclic) bond motifs is 8. The van der Waals surface area contributed by atoms with E-state index in [1.54, 1.807) is 0 Å². The van der Waals surface area contributed by atoms with Gasteiger partial charge in [0, 0.05) is 42.0 Å². The number of nitrogens with one attached hydrogen (secondary N) is 1. The highest BCUT2D eigenvalue weighted by Gasteiger charge is 2.53. The fourth-order valence-corrected chi connectivity index (χ4v) is 6.16. The van der Waals surface area contributed by atoms with Gasteiger partial charge in [0.1, 0.15) is 6.61 Å². The maximum atomic E-state index is 12.3. The molecule has 2 unspecified atom stereocenters. The summed E-state index contributed by atoms with van der Waals surface area (Å²) in [5.41, 5.74) is 5.57. The molecule has 2 aromatic rings. The van der Waals surface area contributed by atoms with Crippen molar-refractivity contribution in [2.75, 3.05) is 26.2 Å². The first kappa shape index (κ1) is 28.1. The molecule has 8 nitrogen and oxygen atoms in total. The van der Waals surface area contributed by atoms with Crippen LogP contribution in [0.5, 0.6) is 0 Å². The quantitative estimate of drug-likeness (QED) is 0.488. The number of aliphatic carboxylic acids is 2. The lowest BCUT2D eigenvalue weighted by Gasteiger charge is -2.40. The largest absolute Gasteiger partial charge is 0.473 e. The van der Waals surface area contributed by atoms with Crippen molar-refractivity contribution >= 4 is 29.4 Å². The molecular weight excluding hydrogens is 508 g/mol. The smallest absolute Gasteiger partial charge is 0.414 e. The molecule has 9 heteroatoms. The Morgan fingerprint density at radius 2 is 1.66 bits per heavy atom. The van der Waals surface area contributed by atoms with Crippen LogP contribution in [0, 0.1) is 0 Å². The van der Waals surface area contributed by atoms with Crippen molar-refractivity contribution in [2.24, 2.45) is 0 Å². The molecule has 5 rings (SSSR count). The number of hydrogen-bond donors (Lipinski definition) is 3. The van der Waals surface area contributed by atoms with Crippen molar-refractivity contribution in [1.82, 2.24) is 10.2 Å². The van der Waals surface area contributed by atoms with E-state index in [4.69, 9.17) is 36.1 Å². The zero-order valence-corrected chi connectivity index (χ0v) is 22.8. The Bertz CT molecular complexity index is 1210. The van der Waals surface area contributed by atoms with Crippen LogP contribution in [0.25, 0.3) is 0 Å². The minimum absolute atomic E-state index is 0.0103. The molecule has 1 heterocycles. The summed E-state index contributed by atoms with van der Waals surface area (Å²) in [6.45, 7) is 9.05. The van der Waals surface area contributed by atoms with Crippen LogP contribution in [0.2, 0.25) is 5.02 Å². The number of carboxylic acids is 2. The van der Waals surface area contributed by atoms with Crippen molar-refractivity contribution < 1.29 is 29.3 Å². The van der Waals surface area contributed by atoms with Gasteiger partial charge >= 0.3 is 11.9 Å². The van der Waals surface area contributed by atoms with Crippen LogP contribution in [0.15, 0.2) is 42.5 Å². The van der Waals surface area contributed by atoms with Gasteiger partial charge in [-0.3, -0.25) is 4.79 Å². The predicted molar refractivity (Wildman–Crippen MR) is 144 cm³/mol. The number of carbonyl (C=O) groups excluding carboxylic acids is 1. The average Bonchev–Trinajstić information content (AvgIpc) is 3.35. The molecule has 2 aromatic carbocycles. The third kappa shape index (κ3) is 6.03. The Labute approximate surface area is 227 Å². The molecule has 1 amide bonds. The lowest BCUT2D eigenvalue weighted by Crippen LogP contribution is -2.49. The predicted octanol–water partition coefficient (Wildman–Crippen LogP) is 4.03. The Balaban J connectivity index is 0.000000505. The van der Waals surface area contributed by atoms with Gasteiger partial charge in [0.2, 0.25) is 5.91 Å². The van der Waals surface area contributed by atoms with E-state index in [2.05, 4.69) is 46.6 Å². The molecule has 3 aliphatic rings. The average molecular weight is 543 g/mol. The topological polar surface area (TPSA) is 116 Å². The number of nitrogens with zero attached hydrogens (tertiary/aromatic N) is 1. The Kier molecular flexibility index (Phi) is 8.16. The van der Waals surface area contributed by atoms with Gasteiger partial charge in [-0.15, -0.1) is 0 Å². The molecule has 2 bridgehead atoms. The van der Waals surface area contributed by atoms with Gasteiger partial charge in [0.25, 0.3) is 0 Å². The van der Waals surface area contributed by atoms with Crippen LogP contribution in [0.3, 0.4) is 0 Å². The summed E-state index contributed by atoms with van der Waals surface area (Å²) >= 11 is 6.45. The molecule has 0 spiro atoms. The van der Waals surface area contributed by atoms with E-state index in [-0.39, 0.29) is 29.6 Å². The van der Waals surface area contributed by atoms with Crippen LogP contribution in [-0.2, 0) is 24.5 Å². The molecule has 1 aliphatic heterocycles. The lowest BCUT2D eigenvalue weighted by atomic mass is 9.74. The van der Waals surface area contributed by atoms with E-state index in [1.807, 2.05) is 26.8 Å². The number of piperidine rings is 1. The molecule has 2 atom stereocenters. The summed E-state index contributed by atoms with van der Waals surface area (Å²) in [6.07, 6.45) is 3.10. The van der Waals surface area contributed by atoms with E-state index in [1.165, 1.54) is 22.3 Å². The molecule has 2 aliphatic carbocycles. The highest BCUT2D eigenvalue weighted by atomic mass is 35.5. The number of likely N-dealkylation sites (tertiary alicyclic amines) is 1. The number of halogens is 1. The number of ether oxygens (including phenoxy) is 1. The summed E-state index contributed by atoms with van der Waals surface area (Å²) in [7, 11) is 0. The van der Waals surface area contributed by atoms with Gasteiger partial charge in [0.05, 0.1) is 5.60 Å². The van der Waals surface area contributed by atoms with Gasteiger partial charge < -0.3 is 25.2 Å². The summed E-state index contributed by atoms with van der Waals surface area (Å²) in [5.74, 6) is -3.17. The Morgan fingerprint density at radius 1 is 1.03 bits per heavy atom. The fraction of sp³-hybridized carbons (Fsp3) is 0.483. The molecule has 3 N–H and O–H groups in total. The van der Waals surface area contributed by atoms with Crippen LogP contribution >= 0.6 is 11.6 Å². The third-order valence-electron chi connectivity index (χ3n) is 7.58. The molecule has 0 radical (unpaired) electrons. The fourth-order valence-electron chi connectivity index (χ4n) is 5.99. The maximum absolute atomic E-state index is 12.3. The number of carbonyl (C=O) groups is 3. The number of hydrogen-bond acceptors (Lipinski definition) is 5. The van der Waals surface area contributed by atoms with E-state index < -0.39 is 11.9 Å². The first-order valence-electron chi connectivity index (χ1n) is 12.9. The third-order valence-corrected chi connectivity index (χ3v) is 7.81. The highest BCUT2D eigenvalue weighted by Crippen LogP contribution is 2.60. The van der Waals surface area contributed by atoms with Crippen LogP contribution in [-0.4, -0.2) is 70.8 Å². The van der Waals surface area contributed by atoms with E-state index in [9.17, 15) is 4.79 Å². The number of amides is 1. The molecule has 1 saturated heterocycles. The first-order valence-corrected chi connectivity index (χ1v) is 13.3. The normalized spacial score (nSPS) is 22.2. The number of benzene rings is 2. The number of carboxylic acid groups (broad SMARTS) is 2. The first-order chi connectivity index (χ1) is 17.9. The Morgan fingerprint density at radius 3 is 2.29 bits per heavy atom. The zero-order chi connectivity index (χ0) is 27.7. The lowest BCUT2D eigenvalue weighted by molar-refractivity contribution is -0.159. The van der Waals surface area contributed by atoms with Crippen LogP contribution < -0.4 is 5.32 Å². The minimum atomic E-state index is -1.82.